The number of nitrogens with one attached hydrogen (secondary N) is 1. The summed E-state index contributed by atoms with van der Waals surface area (Å²) in [6.07, 6.45) is 1.71. The van der Waals surface area contributed by atoms with Crippen LogP contribution in [0.25, 0.3) is 0 Å². The number of ether oxygens (including phenoxy) is 1. The van der Waals surface area contributed by atoms with Crippen molar-refractivity contribution in [1.82, 2.24) is 9.88 Å². The van der Waals surface area contributed by atoms with E-state index in [0.29, 0.717) is 6.54 Å². The number of rotatable bonds is 5. The number of fused-ring (bicyclic) bond motifs is 1. The smallest absolute Gasteiger partial charge is 0.241 e. The van der Waals surface area contributed by atoms with E-state index in [1.54, 1.807) is 18.4 Å². The van der Waals surface area contributed by atoms with Gasteiger partial charge in [-0.3, -0.25) is 9.69 Å². The lowest BCUT2D eigenvalue weighted by molar-refractivity contribution is -0.121. The Labute approximate surface area is 146 Å². The van der Waals surface area contributed by atoms with Gasteiger partial charge in [0.05, 0.1) is 11.7 Å². The largest absolute Gasteiger partial charge is 0.375 e. The standard InChI is InChI=1S/C18H23N3O2S/c1-12(23-3)18-19-14(11-24-18)10-21(2)16-9-8-13-6-4-5-7-15(13)20-17(16)22/h4-7,11-12,16H,8-10H2,1-3H3,(H,20,22)/t12-,16+/m1/s1. The zero-order valence-electron chi connectivity index (χ0n) is 14.3. The van der Waals surface area contributed by atoms with Crippen LogP contribution in [0.15, 0.2) is 29.6 Å². The van der Waals surface area contributed by atoms with Crippen molar-refractivity contribution in [2.75, 3.05) is 19.5 Å². The molecule has 24 heavy (non-hydrogen) atoms. The highest BCUT2D eigenvalue weighted by Gasteiger charge is 2.27. The minimum atomic E-state index is -0.151. The molecule has 2 aromatic rings. The molecule has 5 nitrogen and oxygen atoms in total. The van der Waals surface area contributed by atoms with Gasteiger partial charge >= 0.3 is 0 Å². The lowest BCUT2D eigenvalue weighted by Crippen LogP contribution is -2.40. The highest BCUT2D eigenvalue weighted by Crippen LogP contribution is 2.25. The second kappa shape index (κ2) is 7.42. The Bertz CT molecular complexity index is 716. The fourth-order valence-electron chi connectivity index (χ4n) is 2.97. The van der Waals surface area contributed by atoms with Gasteiger partial charge in [0, 0.05) is 24.7 Å². The molecule has 1 aliphatic rings. The lowest BCUT2D eigenvalue weighted by atomic mass is 10.1. The summed E-state index contributed by atoms with van der Waals surface area (Å²) in [6, 6.07) is 7.87. The van der Waals surface area contributed by atoms with E-state index in [2.05, 4.69) is 21.3 Å². The number of amides is 1. The van der Waals surface area contributed by atoms with E-state index in [4.69, 9.17) is 4.74 Å². The molecule has 0 radical (unpaired) electrons. The van der Waals surface area contributed by atoms with Gasteiger partial charge < -0.3 is 10.1 Å². The third kappa shape index (κ3) is 3.66. The van der Waals surface area contributed by atoms with Crippen LogP contribution >= 0.6 is 11.3 Å². The molecule has 1 N–H and O–H groups in total. The molecule has 0 spiro atoms. The number of thiazole rings is 1. The molecule has 0 unspecified atom stereocenters. The highest BCUT2D eigenvalue weighted by atomic mass is 32.1. The van der Waals surface area contributed by atoms with Crippen LogP contribution in [0, 0.1) is 0 Å². The summed E-state index contributed by atoms with van der Waals surface area (Å²) in [5.41, 5.74) is 3.12. The number of methoxy groups -OCH3 is 1. The van der Waals surface area contributed by atoms with Crippen LogP contribution in [0.2, 0.25) is 0 Å². The summed E-state index contributed by atoms with van der Waals surface area (Å²) < 4.78 is 5.31. The number of aryl methyl sites for hydroxylation is 1. The Morgan fingerprint density at radius 2 is 2.25 bits per heavy atom. The molecule has 2 heterocycles. The van der Waals surface area contributed by atoms with Crippen LogP contribution in [0.5, 0.6) is 0 Å². The van der Waals surface area contributed by atoms with E-state index < -0.39 is 0 Å². The highest BCUT2D eigenvalue weighted by molar-refractivity contribution is 7.09. The maximum absolute atomic E-state index is 12.6. The van der Waals surface area contributed by atoms with Gasteiger partial charge in [0.25, 0.3) is 0 Å². The molecule has 2 atom stereocenters. The number of aromatic nitrogens is 1. The second-order valence-electron chi connectivity index (χ2n) is 6.17. The van der Waals surface area contributed by atoms with Crippen molar-refractivity contribution in [2.45, 2.75) is 38.5 Å². The molecule has 1 amide bonds. The molecule has 6 heteroatoms. The third-order valence-corrected chi connectivity index (χ3v) is 5.53. The van der Waals surface area contributed by atoms with Gasteiger partial charge in [-0.1, -0.05) is 18.2 Å². The van der Waals surface area contributed by atoms with E-state index in [9.17, 15) is 4.79 Å². The van der Waals surface area contributed by atoms with Gasteiger partial charge in [0.1, 0.15) is 11.1 Å². The number of likely N-dealkylation sites (N-methyl/N-ethyl adjacent to an activating group) is 1. The molecular weight excluding hydrogens is 322 g/mol. The molecule has 1 aromatic heterocycles. The van der Waals surface area contributed by atoms with E-state index >= 15 is 0 Å². The first-order valence-corrected chi connectivity index (χ1v) is 9.02. The number of carbonyl (C=O) groups is 1. The summed E-state index contributed by atoms with van der Waals surface area (Å²) in [4.78, 5) is 19.3. The maximum atomic E-state index is 12.6. The molecule has 1 aliphatic heterocycles. The third-order valence-electron chi connectivity index (χ3n) is 4.48. The molecule has 3 rings (SSSR count). The zero-order chi connectivity index (χ0) is 17.1. The van der Waals surface area contributed by atoms with Crippen molar-refractivity contribution in [2.24, 2.45) is 0 Å². The number of hydrogen-bond donors (Lipinski definition) is 1. The predicted molar refractivity (Wildman–Crippen MR) is 96.2 cm³/mol. The predicted octanol–water partition coefficient (Wildman–Crippen LogP) is 3.24. The van der Waals surface area contributed by atoms with Crippen LogP contribution < -0.4 is 5.32 Å². The van der Waals surface area contributed by atoms with Crippen molar-refractivity contribution < 1.29 is 9.53 Å². The number of para-hydroxylation sites is 1. The number of nitrogens with zero attached hydrogens (tertiary/aromatic N) is 2. The average Bonchev–Trinajstić information content (AvgIpc) is 2.96. The summed E-state index contributed by atoms with van der Waals surface area (Å²) in [5.74, 6) is 0.0585. The monoisotopic (exact) mass is 345 g/mol. The van der Waals surface area contributed by atoms with Gasteiger partial charge in [0.2, 0.25) is 5.91 Å². The van der Waals surface area contributed by atoms with Crippen molar-refractivity contribution in [1.29, 1.82) is 0 Å². The lowest BCUT2D eigenvalue weighted by Gasteiger charge is -2.24. The number of benzene rings is 1. The molecule has 1 aromatic carbocycles. The molecule has 128 valence electrons. The summed E-state index contributed by atoms with van der Waals surface area (Å²) in [7, 11) is 3.67. The summed E-state index contributed by atoms with van der Waals surface area (Å²) in [5, 5.41) is 6.07. The van der Waals surface area contributed by atoms with Gasteiger partial charge in [0.15, 0.2) is 0 Å². The van der Waals surface area contributed by atoms with Crippen molar-refractivity contribution >= 4 is 22.9 Å². The Morgan fingerprint density at radius 1 is 1.46 bits per heavy atom. The normalized spacial score (nSPS) is 18.8. The van der Waals surface area contributed by atoms with E-state index in [-0.39, 0.29) is 18.1 Å². The molecule has 0 fully saturated rings. The number of carbonyl (C=O) groups excluding carboxylic acids is 1. The average molecular weight is 345 g/mol. The van der Waals surface area contributed by atoms with Gasteiger partial charge in [-0.15, -0.1) is 11.3 Å². The molecular formula is C18H23N3O2S. The van der Waals surface area contributed by atoms with Gasteiger partial charge in [-0.2, -0.15) is 0 Å². The fraction of sp³-hybridized carbons (Fsp3) is 0.444. The topological polar surface area (TPSA) is 54.5 Å². The first kappa shape index (κ1) is 17.1. The van der Waals surface area contributed by atoms with Crippen LogP contribution in [0.4, 0.5) is 5.69 Å². The molecule has 0 bridgehead atoms. The van der Waals surface area contributed by atoms with Gasteiger partial charge in [-0.05, 0) is 38.4 Å². The first-order valence-electron chi connectivity index (χ1n) is 8.14. The zero-order valence-corrected chi connectivity index (χ0v) is 15.1. The minimum Gasteiger partial charge on any atom is -0.375 e. The quantitative estimate of drug-likeness (QED) is 0.904. The van der Waals surface area contributed by atoms with Crippen LogP contribution in [-0.4, -0.2) is 36.0 Å². The number of hydrogen-bond acceptors (Lipinski definition) is 5. The summed E-state index contributed by atoms with van der Waals surface area (Å²) in [6.45, 7) is 2.64. The number of anilines is 1. The Hall–Kier alpha value is -1.76. The van der Waals surface area contributed by atoms with Crippen LogP contribution in [0.3, 0.4) is 0 Å². The SMILES string of the molecule is CO[C@H](C)c1nc(CN(C)[C@H]2CCc3ccccc3NC2=O)cs1. The van der Waals surface area contributed by atoms with Crippen molar-refractivity contribution in [3.8, 4) is 0 Å². The Balaban J connectivity index is 1.68. The van der Waals surface area contributed by atoms with Crippen molar-refractivity contribution in [3.05, 3.63) is 45.9 Å². The molecule has 0 aliphatic carbocycles. The first-order chi connectivity index (χ1) is 11.6. The fourth-order valence-corrected chi connectivity index (χ4v) is 3.81. The maximum Gasteiger partial charge on any atom is 0.241 e. The van der Waals surface area contributed by atoms with Crippen LogP contribution in [0.1, 0.15) is 35.7 Å². The minimum absolute atomic E-state index is 0.00438. The van der Waals surface area contributed by atoms with Gasteiger partial charge in [-0.25, -0.2) is 4.98 Å². The summed E-state index contributed by atoms with van der Waals surface area (Å²) >= 11 is 1.60. The van der Waals surface area contributed by atoms with Crippen LogP contribution in [-0.2, 0) is 22.5 Å². The molecule has 0 saturated heterocycles. The van der Waals surface area contributed by atoms with E-state index in [1.807, 2.05) is 37.6 Å². The Kier molecular flexibility index (Phi) is 5.28. The van der Waals surface area contributed by atoms with E-state index in [1.165, 1.54) is 5.56 Å². The van der Waals surface area contributed by atoms with E-state index in [0.717, 1.165) is 29.2 Å². The Morgan fingerprint density at radius 3 is 3.04 bits per heavy atom. The van der Waals surface area contributed by atoms with Crippen molar-refractivity contribution in [3.63, 3.8) is 0 Å². The second-order valence-corrected chi connectivity index (χ2v) is 7.06. The molecule has 0 saturated carbocycles.